The van der Waals surface area contributed by atoms with E-state index in [1.54, 1.807) is 6.07 Å². The average molecular weight is 306 g/mol. The maximum absolute atomic E-state index is 11.9. The predicted octanol–water partition coefficient (Wildman–Crippen LogP) is 1.99. The van der Waals surface area contributed by atoms with Crippen molar-refractivity contribution < 1.29 is 19.4 Å². The van der Waals surface area contributed by atoms with E-state index in [-0.39, 0.29) is 17.2 Å². The second-order valence-corrected chi connectivity index (χ2v) is 5.42. The molecule has 2 rings (SSSR count). The number of piperidine rings is 1. The third-order valence-electron chi connectivity index (χ3n) is 3.79. The van der Waals surface area contributed by atoms with Crippen molar-refractivity contribution in [2.24, 2.45) is 0 Å². The fraction of sp³-hybridized carbons (Fsp3) is 0.500. The Morgan fingerprint density at radius 2 is 2.00 bits per heavy atom. The molecule has 1 heterocycles. The second kappa shape index (κ2) is 7.79. The molecule has 1 saturated heterocycles. The monoisotopic (exact) mass is 306 g/mol. The number of hydrogen-bond donors (Lipinski definition) is 2. The molecule has 0 bridgehead atoms. The number of carbonyl (C=O) groups excluding carboxylic acids is 2. The first-order valence-electron chi connectivity index (χ1n) is 7.53. The summed E-state index contributed by atoms with van der Waals surface area (Å²) < 4.78 is 4.55. The molecule has 1 aliphatic rings. The van der Waals surface area contributed by atoms with Crippen LogP contribution >= 0.6 is 0 Å². The summed E-state index contributed by atoms with van der Waals surface area (Å²) in [5, 5.41) is 12.5. The highest BCUT2D eigenvalue weighted by atomic mass is 16.5. The van der Waals surface area contributed by atoms with Crippen LogP contribution in [0.2, 0.25) is 0 Å². The van der Waals surface area contributed by atoms with Crippen molar-refractivity contribution in [1.29, 1.82) is 0 Å². The molecule has 0 atom stereocenters. The van der Waals surface area contributed by atoms with Gasteiger partial charge in [-0.3, -0.25) is 4.79 Å². The number of phenols is 1. The number of amides is 1. The summed E-state index contributed by atoms with van der Waals surface area (Å²) in [4.78, 5) is 25.6. The number of aromatic hydroxyl groups is 1. The Morgan fingerprint density at radius 3 is 2.64 bits per heavy atom. The van der Waals surface area contributed by atoms with Gasteiger partial charge >= 0.3 is 5.97 Å². The second-order valence-electron chi connectivity index (χ2n) is 5.42. The highest BCUT2D eigenvalue weighted by Crippen LogP contribution is 2.22. The summed E-state index contributed by atoms with van der Waals surface area (Å²) in [7, 11) is 1.25. The number of ether oxygens (including phenoxy) is 1. The first-order chi connectivity index (χ1) is 10.6. The van der Waals surface area contributed by atoms with Crippen molar-refractivity contribution >= 4 is 17.6 Å². The van der Waals surface area contributed by atoms with Gasteiger partial charge in [-0.2, -0.15) is 0 Å². The van der Waals surface area contributed by atoms with E-state index in [0.29, 0.717) is 12.1 Å². The number of anilines is 1. The number of methoxy groups -OCH3 is 1. The van der Waals surface area contributed by atoms with Gasteiger partial charge in [0.1, 0.15) is 11.3 Å². The van der Waals surface area contributed by atoms with Gasteiger partial charge in [0.15, 0.2) is 0 Å². The molecule has 0 unspecified atom stereocenters. The van der Waals surface area contributed by atoms with Crippen LogP contribution in [0.3, 0.4) is 0 Å². The summed E-state index contributed by atoms with van der Waals surface area (Å²) >= 11 is 0. The van der Waals surface area contributed by atoms with Crippen LogP contribution in [-0.4, -0.2) is 48.6 Å². The first-order valence-corrected chi connectivity index (χ1v) is 7.53. The fourth-order valence-corrected chi connectivity index (χ4v) is 2.56. The van der Waals surface area contributed by atoms with Gasteiger partial charge in [0.25, 0.3) is 0 Å². The zero-order chi connectivity index (χ0) is 15.9. The SMILES string of the molecule is COC(=O)c1ccc(NC(=O)CCN2CCCCC2)cc1O. The normalized spacial score (nSPS) is 15.3. The summed E-state index contributed by atoms with van der Waals surface area (Å²) in [6.07, 6.45) is 4.09. The zero-order valence-electron chi connectivity index (χ0n) is 12.8. The Balaban J connectivity index is 1.85. The van der Waals surface area contributed by atoms with Crippen molar-refractivity contribution in [2.45, 2.75) is 25.7 Å². The summed E-state index contributed by atoms with van der Waals surface area (Å²) in [5.41, 5.74) is 0.544. The molecule has 0 aromatic heterocycles. The molecule has 0 radical (unpaired) electrons. The largest absolute Gasteiger partial charge is 0.507 e. The first kappa shape index (κ1) is 16.3. The Kier molecular flexibility index (Phi) is 5.77. The lowest BCUT2D eigenvalue weighted by Gasteiger charge is -2.25. The van der Waals surface area contributed by atoms with E-state index >= 15 is 0 Å². The molecule has 6 heteroatoms. The van der Waals surface area contributed by atoms with E-state index in [1.807, 2.05) is 0 Å². The third-order valence-corrected chi connectivity index (χ3v) is 3.79. The van der Waals surface area contributed by atoms with Crippen LogP contribution < -0.4 is 5.32 Å². The number of nitrogens with zero attached hydrogens (tertiary/aromatic N) is 1. The van der Waals surface area contributed by atoms with Crippen LogP contribution in [0, 0.1) is 0 Å². The molecule has 22 heavy (non-hydrogen) atoms. The summed E-state index contributed by atoms with van der Waals surface area (Å²) in [5.74, 6) is -0.919. The molecular formula is C16H22N2O4. The quantitative estimate of drug-likeness (QED) is 0.813. The third kappa shape index (κ3) is 4.46. The van der Waals surface area contributed by atoms with E-state index in [2.05, 4.69) is 15.0 Å². The minimum atomic E-state index is -0.611. The fourth-order valence-electron chi connectivity index (χ4n) is 2.56. The van der Waals surface area contributed by atoms with Crippen LogP contribution in [0.15, 0.2) is 18.2 Å². The number of benzene rings is 1. The van der Waals surface area contributed by atoms with E-state index < -0.39 is 5.97 Å². The van der Waals surface area contributed by atoms with Gasteiger partial charge in [0, 0.05) is 24.7 Å². The van der Waals surface area contributed by atoms with Crippen LogP contribution in [-0.2, 0) is 9.53 Å². The van der Waals surface area contributed by atoms with Crippen molar-refractivity contribution in [3.63, 3.8) is 0 Å². The van der Waals surface area contributed by atoms with Gasteiger partial charge in [-0.1, -0.05) is 6.42 Å². The standard InChI is InChI=1S/C16H22N2O4/c1-22-16(21)13-6-5-12(11-14(13)19)17-15(20)7-10-18-8-3-2-4-9-18/h5-6,11,19H,2-4,7-10H2,1H3,(H,17,20). The molecule has 1 aromatic carbocycles. The number of esters is 1. The van der Waals surface area contributed by atoms with Crippen LogP contribution in [0.25, 0.3) is 0 Å². The zero-order valence-corrected chi connectivity index (χ0v) is 12.8. The lowest BCUT2D eigenvalue weighted by molar-refractivity contribution is -0.116. The van der Waals surface area contributed by atoms with Crippen molar-refractivity contribution in [3.8, 4) is 5.75 Å². The minimum Gasteiger partial charge on any atom is -0.507 e. The maximum Gasteiger partial charge on any atom is 0.341 e. The molecule has 1 aliphatic heterocycles. The van der Waals surface area contributed by atoms with Crippen LogP contribution in [0.1, 0.15) is 36.0 Å². The van der Waals surface area contributed by atoms with Gasteiger partial charge < -0.3 is 20.1 Å². The van der Waals surface area contributed by atoms with E-state index in [1.165, 1.54) is 38.5 Å². The van der Waals surface area contributed by atoms with Gasteiger partial charge in [-0.15, -0.1) is 0 Å². The number of nitrogens with one attached hydrogen (secondary N) is 1. The summed E-state index contributed by atoms with van der Waals surface area (Å²) in [6.45, 7) is 2.86. The molecule has 120 valence electrons. The molecule has 1 amide bonds. The van der Waals surface area contributed by atoms with Gasteiger partial charge in [0.05, 0.1) is 7.11 Å². The van der Waals surface area contributed by atoms with Crippen LogP contribution in [0.5, 0.6) is 5.75 Å². The van der Waals surface area contributed by atoms with Gasteiger partial charge in [-0.25, -0.2) is 4.79 Å². The van der Waals surface area contributed by atoms with Gasteiger partial charge in [-0.05, 0) is 38.1 Å². The molecule has 2 N–H and O–H groups in total. The molecule has 1 fully saturated rings. The smallest absolute Gasteiger partial charge is 0.341 e. The maximum atomic E-state index is 11.9. The Morgan fingerprint density at radius 1 is 1.27 bits per heavy atom. The molecule has 0 saturated carbocycles. The van der Waals surface area contributed by atoms with E-state index in [4.69, 9.17) is 0 Å². The molecular weight excluding hydrogens is 284 g/mol. The highest BCUT2D eigenvalue weighted by Gasteiger charge is 2.14. The summed E-state index contributed by atoms with van der Waals surface area (Å²) in [6, 6.07) is 4.36. The molecule has 0 spiro atoms. The lowest BCUT2D eigenvalue weighted by atomic mass is 10.1. The topological polar surface area (TPSA) is 78.9 Å². The van der Waals surface area contributed by atoms with Gasteiger partial charge in [0.2, 0.25) is 5.91 Å². The van der Waals surface area contributed by atoms with Crippen molar-refractivity contribution in [3.05, 3.63) is 23.8 Å². The number of rotatable bonds is 5. The van der Waals surface area contributed by atoms with Crippen molar-refractivity contribution in [2.75, 3.05) is 32.1 Å². The van der Waals surface area contributed by atoms with Crippen LogP contribution in [0.4, 0.5) is 5.69 Å². The molecule has 0 aliphatic carbocycles. The van der Waals surface area contributed by atoms with Crippen molar-refractivity contribution in [1.82, 2.24) is 4.90 Å². The highest BCUT2D eigenvalue weighted by molar-refractivity contribution is 5.95. The predicted molar refractivity (Wildman–Crippen MR) is 83.0 cm³/mol. The number of likely N-dealkylation sites (tertiary alicyclic amines) is 1. The number of phenolic OH excluding ortho intramolecular Hbond substituents is 1. The molecule has 6 nitrogen and oxygen atoms in total. The van der Waals surface area contributed by atoms with E-state index in [0.717, 1.165) is 19.6 Å². The average Bonchev–Trinajstić information content (AvgIpc) is 2.53. The molecule has 1 aromatic rings. The Hall–Kier alpha value is -2.08. The Bertz CT molecular complexity index is 539. The Labute approximate surface area is 130 Å². The van der Waals surface area contributed by atoms with E-state index in [9.17, 15) is 14.7 Å². The number of hydrogen-bond acceptors (Lipinski definition) is 5. The lowest BCUT2D eigenvalue weighted by Crippen LogP contribution is -2.32. The number of carbonyl (C=O) groups is 2. The minimum absolute atomic E-state index is 0.0776.